The topological polar surface area (TPSA) is 64.0 Å². The Morgan fingerprint density at radius 3 is 2.83 bits per heavy atom. The number of aromatic nitrogens is 2. The number of thiophene rings is 1. The fraction of sp³-hybridized carbons (Fsp3) is 0.350. The number of rotatable bonds is 4. The average Bonchev–Trinajstić information content (AvgIpc) is 3.06. The van der Waals surface area contributed by atoms with Crippen LogP contribution in [0.15, 0.2) is 28.2 Å². The Bertz CT molecular complexity index is 1170. The highest BCUT2D eigenvalue weighted by molar-refractivity contribution is 8.00. The van der Waals surface area contributed by atoms with Crippen LogP contribution in [0.4, 0.5) is 5.69 Å². The van der Waals surface area contributed by atoms with Crippen LogP contribution in [0.25, 0.3) is 10.2 Å². The van der Waals surface area contributed by atoms with E-state index < -0.39 is 5.25 Å². The maximum Gasteiger partial charge on any atom is 0.262 e. The second-order valence-electron chi connectivity index (χ2n) is 7.02. The Labute approximate surface area is 186 Å². The van der Waals surface area contributed by atoms with Gasteiger partial charge in [-0.1, -0.05) is 35.0 Å². The van der Waals surface area contributed by atoms with Gasteiger partial charge >= 0.3 is 0 Å². The molecular weight excluding hydrogens is 449 g/mol. The Kier molecular flexibility index (Phi) is 5.93. The summed E-state index contributed by atoms with van der Waals surface area (Å²) in [6, 6.07) is 4.91. The van der Waals surface area contributed by atoms with E-state index in [0.717, 1.165) is 35.9 Å². The number of amides is 1. The first-order valence-corrected chi connectivity index (χ1v) is 11.7. The van der Waals surface area contributed by atoms with E-state index in [1.54, 1.807) is 48.1 Å². The van der Waals surface area contributed by atoms with Crippen molar-refractivity contribution < 1.29 is 4.79 Å². The minimum atomic E-state index is -0.466. The van der Waals surface area contributed by atoms with Crippen LogP contribution in [0.3, 0.4) is 0 Å². The molecule has 1 aliphatic rings. The zero-order chi connectivity index (χ0) is 20.7. The van der Waals surface area contributed by atoms with Crippen molar-refractivity contribution in [3.05, 3.63) is 49.0 Å². The lowest BCUT2D eigenvalue weighted by atomic mass is 9.97. The number of nitrogens with one attached hydrogen (secondary N) is 1. The number of thioether (sulfide) groups is 1. The van der Waals surface area contributed by atoms with Crippen LogP contribution >= 0.6 is 46.3 Å². The van der Waals surface area contributed by atoms with Crippen molar-refractivity contribution in [3.8, 4) is 0 Å². The third-order valence-electron chi connectivity index (χ3n) is 5.00. The Balaban J connectivity index is 1.59. The lowest BCUT2D eigenvalue weighted by Crippen LogP contribution is -2.25. The summed E-state index contributed by atoms with van der Waals surface area (Å²) in [5.41, 5.74) is 1.63. The number of benzene rings is 1. The molecule has 1 aliphatic carbocycles. The van der Waals surface area contributed by atoms with Crippen LogP contribution in [0.5, 0.6) is 0 Å². The molecule has 152 valence electrons. The second-order valence-corrected chi connectivity index (χ2v) is 10.3. The summed E-state index contributed by atoms with van der Waals surface area (Å²) in [6.45, 7) is 1.78. The molecule has 1 aromatic carbocycles. The van der Waals surface area contributed by atoms with Crippen molar-refractivity contribution in [2.45, 2.75) is 43.0 Å². The van der Waals surface area contributed by atoms with Crippen LogP contribution in [-0.2, 0) is 24.7 Å². The average molecular weight is 468 g/mol. The predicted molar refractivity (Wildman–Crippen MR) is 122 cm³/mol. The first kappa shape index (κ1) is 20.7. The zero-order valence-electron chi connectivity index (χ0n) is 15.9. The fourth-order valence-corrected chi connectivity index (χ4v) is 6.04. The summed E-state index contributed by atoms with van der Waals surface area (Å²) in [6.07, 6.45) is 4.23. The number of carbonyl (C=O) groups is 1. The Morgan fingerprint density at radius 2 is 2.07 bits per heavy atom. The summed E-state index contributed by atoms with van der Waals surface area (Å²) < 4.78 is 1.55. The highest BCUT2D eigenvalue weighted by atomic mass is 35.5. The van der Waals surface area contributed by atoms with E-state index in [9.17, 15) is 9.59 Å². The van der Waals surface area contributed by atoms with Gasteiger partial charge in [-0.15, -0.1) is 11.3 Å². The molecule has 0 spiro atoms. The molecule has 1 unspecified atom stereocenters. The molecule has 5 nitrogen and oxygen atoms in total. The number of halogens is 2. The minimum Gasteiger partial charge on any atom is -0.324 e. The van der Waals surface area contributed by atoms with Gasteiger partial charge in [-0.05, 0) is 56.4 Å². The van der Waals surface area contributed by atoms with Crippen LogP contribution in [0.1, 0.15) is 30.2 Å². The van der Waals surface area contributed by atoms with E-state index in [1.165, 1.54) is 22.2 Å². The predicted octanol–water partition coefficient (Wildman–Crippen LogP) is 5.30. The summed E-state index contributed by atoms with van der Waals surface area (Å²) >= 11 is 14.9. The maximum atomic E-state index is 13.0. The van der Waals surface area contributed by atoms with Gasteiger partial charge in [0.15, 0.2) is 5.16 Å². The van der Waals surface area contributed by atoms with Crippen LogP contribution < -0.4 is 10.9 Å². The molecule has 3 aromatic rings. The third-order valence-corrected chi connectivity index (χ3v) is 7.87. The lowest BCUT2D eigenvalue weighted by Gasteiger charge is -2.14. The van der Waals surface area contributed by atoms with E-state index in [0.29, 0.717) is 20.9 Å². The standard InChI is InChI=1S/C20H19Cl2N3O2S2/c1-10(17(26)23-14-8-7-11(21)9-13(14)22)28-20-24-18-16(19(27)25(20)2)12-5-3-4-6-15(12)29-18/h7-10H,3-6H2,1-2H3,(H,23,26). The normalized spacial score (nSPS) is 14.6. The highest BCUT2D eigenvalue weighted by Gasteiger charge is 2.23. The molecule has 1 amide bonds. The smallest absolute Gasteiger partial charge is 0.262 e. The van der Waals surface area contributed by atoms with Crippen LogP contribution in [-0.4, -0.2) is 20.7 Å². The lowest BCUT2D eigenvalue weighted by molar-refractivity contribution is -0.115. The van der Waals surface area contributed by atoms with Crippen molar-refractivity contribution in [1.29, 1.82) is 0 Å². The molecule has 0 saturated carbocycles. The number of aryl methyl sites for hydroxylation is 2. The maximum absolute atomic E-state index is 13.0. The number of hydrogen-bond donors (Lipinski definition) is 1. The molecule has 1 N–H and O–H groups in total. The van der Waals surface area contributed by atoms with Gasteiger partial charge in [-0.3, -0.25) is 14.2 Å². The molecule has 29 heavy (non-hydrogen) atoms. The van der Waals surface area contributed by atoms with Crippen molar-refractivity contribution in [1.82, 2.24) is 9.55 Å². The van der Waals surface area contributed by atoms with Gasteiger partial charge in [-0.2, -0.15) is 0 Å². The van der Waals surface area contributed by atoms with Crippen molar-refractivity contribution in [2.24, 2.45) is 7.05 Å². The zero-order valence-corrected chi connectivity index (χ0v) is 19.1. The molecule has 9 heteroatoms. The Morgan fingerprint density at radius 1 is 1.31 bits per heavy atom. The van der Waals surface area contributed by atoms with E-state index in [4.69, 9.17) is 28.2 Å². The molecule has 0 radical (unpaired) electrons. The monoisotopic (exact) mass is 467 g/mol. The summed E-state index contributed by atoms with van der Waals surface area (Å²) in [7, 11) is 1.71. The van der Waals surface area contributed by atoms with Gasteiger partial charge in [-0.25, -0.2) is 4.98 Å². The number of anilines is 1. The van der Waals surface area contributed by atoms with Crippen molar-refractivity contribution >= 4 is 68.1 Å². The molecule has 0 bridgehead atoms. The van der Waals surface area contributed by atoms with Crippen molar-refractivity contribution in [3.63, 3.8) is 0 Å². The SMILES string of the molecule is CC(Sc1nc2sc3c(c2c(=O)n1C)CCCC3)C(=O)Nc1ccc(Cl)cc1Cl. The van der Waals surface area contributed by atoms with Gasteiger partial charge in [0, 0.05) is 16.9 Å². The third kappa shape index (κ3) is 4.06. The molecule has 0 fully saturated rings. The summed E-state index contributed by atoms with van der Waals surface area (Å²) in [4.78, 5) is 32.4. The molecule has 0 saturated heterocycles. The first-order chi connectivity index (χ1) is 13.8. The van der Waals surface area contributed by atoms with Gasteiger partial charge in [0.1, 0.15) is 4.83 Å². The van der Waals surface area contributed by atoms with E-state index in [-0.39, 0.29) is 11.5 Å². The summed E-state index contributed by atoms with van der Waals surface area (Å²) in [5, 5.41) is 4.50. The van der Waals surface area contributed by atoms with Gasteiger partial charge in [0.25, 0.3) is 5.56 Å². The number of fused-ring (bicyclic) bond motifs is 3. The molecule has 2 heterocycles. The van der Waals surface area contributed by atoms with Gasteiger partial charge < -0.3 is 5.32 Å². The number of hydrogen-bond acceptors (Lipinski definition) is 5. The largest absolute Gasteiger partial charge is 0.324 e. The van der Waals surface area contributed by atoms with Gasteiger partial charge in [0.05, 0.1) is 21.3 Å². The van der Waals surface area contributed by atoms with Crippen LogP contribution in [0.2, 0.25) is 10.0 Å². The van der Waals surface area contributed by atoms with E-state index in [1.807, 2.05) is 0 Å². The van der Waals surface area contributed by atoms with E-state index in [2.05, 4.69) is 5.32 Å². The summed E-state index contributed by atoms with van der Waals surface area (Å²) in [5.74, 6) is -0.223. The van der Waals surface area contributed by atoms with Gasteiger partial charge in [0.2, 0.25) is 5.91 Å². The molecule has 2 aromatic heterocycles. The highest BCUT2D eigenvalue weighted by Crippen LogP contribution is 2.35. The van der Waals surface area contributed by atoms with Crippen LogP contribution in [0, 0.1) is 0 Å². The van der Waals surface area contributed by atoms with Crippen molar-refractivity contribution in [2.75, 3.05) is 5.32 Å². The number of carbonyl (C=O) groups excluding carboxylic acids is 1. The van der Waals surface area contributed by atoms with E-state index >= 15 is 0 Å². The second kappa shape index (κ2) is 8.30. The fourth-order valence-electron chi connectivity index (χ4n) is 3.41. The quantitative estimate of drug-likeness (QED) is 0.417. The molecule has 0 aliphatic heterocycles. The first-order valence-electron chi connectivity index (χ1n) is 9.29. The Hall–Kier alpha value is -1.54. The molecule has 1 atom stereocenters. The molecular formula is C20H19Cl2N3O2S2. The minimum absolute atomic E-state index is 0.0368. The molecule has 4 rings (SSSR count). The number of nitrogens with zero attached hydrogens (tertiary/aromatic N) is 2.